The lowest BCUT2D eigenvalue weighted by molar-refractivity contribution is -0.148. The first-order chi connectivity index (χ1) is 12.3. The maximum Gasteiger partial charge on any atom is 0.416 e. The number of amides is 1. The molecule has 0 aromatic heterocycles. The Hall–Kier alpha value is -2.09. The Kier molecular flexibility index (Phi) is 5.22. The van der Waals surface area contributed by atoms with Crippen LogP contribution in [0.1, 0.15) is 36.3 Å². The summed E-state index contributed by atoms with van der Waals surface area (Å²) in [4.78, 5) is 25.3. The molecular formula is C18H20F3NO4. The van der Waals surface area contributed by atoms with Crippen LogP contribution < -0.4 is 0 Å². The van der Waals surface area contributed by atoms with Gasteiger partial charge in [0.25, 0.3) is 0 Å². The number of benzene rings is 1. The molecule has 1 aromatic carbocycles. The number of aliphatic carboxylic acids is 1. The Morgan fingerprint density at radius 3 is 2.54 bits per heavy atom. The number of carboxylic acid groups (broad SMARTS) is 1. The third-order valence-electron chi connectivity index (χ3n) is 4.97. The van der Waals surface area contributed by atoms with Crippen LogP contribution in [0, 0.1) is 5.92 Å². The number of nitrogens with zero attached hydrogens (tertiary/aromatic N) is 1. The van der Waals surface area contributed by atoms with E-state index in [0.29, 0.717) is 38.0 Å². The maximum atomic E-state index is 12.9. The van der Waals surface area contributed by atoms with Crippen LogP contribution in [0.2, 0.25) is 0 Å². The summed E-state index contributed by atoms with van der Waals surface area (Å²) in [5.74, 6) is -2.13. The Morgan fingerprint density at radius 2 is 1.92 bits per heavy atom. The molecule has 2 atom stereocenters. The van der Waals surface area contributed by atoms with Gasteiger partial charge >= 0.3 is 12.1 Å². The van der Waals surface area contributed by atoms with Crippen molar-refractivity contribution in [3.8, 4) is 0 Å². The van der Waals surface area contributed by atoms with Gasteiger partial charge in [-0.3, -0.25) is 9.59 Å². The van der Waals surface area contributed by atoms with Crippen LogP contribution in [-0.4, -0.2) is 47.7 Å². The predicted molar refractivity (Wildman–Crippen MR) is 85.5 cm³/mol. The van der Waals surface area contributed by atoms with Crippen LogP contribution in [0.4, 0.5) is 13.2 Å². The summed E-state index contributed by atoms with van der Waals surface area (Å²) in [6, 6.07) is 4.81. The topological polar surface area (TPSA) is 66.8 Å². The molecule has 1 saturated carbocycles. The molecule has 8 heteroatoms. The summed E-state index contributed by atoms with van der Waals surface area (Å²) < 4.78 is 43.9. The summed E-state index contributed by atoms with van der Waals surface area (Å²) in [5.41, 5.74) is -0.264. The third kappa shape index (κ3) is 4.17. The van der Waals surface area contributed by atoms with Gasteiger partial charge in [-0.05, 0) is 36.8 Å². The Bertz CT molecular complexity index is 685. The predicted octanol–water partition coefficient (Wildman–Crippen LogP) is 2.90. The molecule has 3 rings (SSSR count). The first-order valence-electron chi connectivity index (χ1n) is 8.54. The van der Waals surface area contributed by atoms with Crippen molar-refractivity contribution in [2.24, 2.45) is 5.92 Å². The lowest BCUT2D eigenvalue weighted by Crippen LogP contribution is -2.46. The zero-order chi connectivity index (χ0) is 18.9. The fraction of sp³-hybridized carbons (Fsp3) is 0.556. The number of hydrogen-bond donors (Lipinski definition) is 1. The fourth-order valence-electron chi connectivity index (χ4n) is 3.52. The van der Waals surface area contributed by atoms with Crippen molar-refractivity contribution in [2.45, 2.75) is 37.4 Å². The SMILES string of the molecule is O=C(O)CN(C(=O)C1CC1c1cccc(C(F)(F)F)c1)C1CCOCC1. The lowest BCUT2D eigenvalue weighted by atomic mass is 10.0. The molecule has 2 aliphatic rings. The van der Waals surface area contributed by atoms with E-state index in [2.05, 4.69) is 0 Å². The molecule has 1 amide bonds. The number of rotatable bonds is 5. The first-order valence-corrected chi connectivity index (χ1v) is 8.54. The van der Waals surface area contributed by atoms with Crippen molar-refractivity contribution in [1.29, 1.82) is 0 Å². The van der Waals surface area contributed by atoms with Gasteiger partial charge in [0.2, 0.25) is 5.91 Å². The van der Waals surface area contributed by atoms with Gasteiger partial charge in [-0.15, -0.1) is 0 Å². The van der Waals surface area contributed by atoms with E-state index < -0.39 is 30.2 Å². The zero-order valence-corrected chi connectivity index (χ0v) is 14.0. The molecule has 142 valence electrons. The van der Waals surface area contributed by atoms with Crippen molar-refractivity contribution < 1.29 is 32.6 Å². The molecule has 2 unspecified atom stereocenters. The van der Waals surface area contributed by atoms with E-state index in [-0.39, 0.29) is 17.9 Å². The van der Waals surface area contributed by atoms with Crippen molar-refractivity contribution >= 4 is 11.9 Å². The zero-order valence-electron chi connectivity index (χ0n) is 14.0. The van der Waals surface area contributed by atoms with E-state index in [0.717, 1.165) is 12.1 Å². The summed E-state index contributed by atoms with van der Waals surface area (Å²) in [6.07, 6.45) is -2.85. The molecule has 1 N–H and O–H groups in total. The molecule has 1 saturated heterocycles. The van der Waals surface area contributed by atoms with Crippen molar-refractivity contribution in [3.63, 3.8) is 0 Å². The summed E-state index contributed by atoms with van der Waals surface area (Å²) in [7, 11) is 0. The van der Waals surface area contributed by atoms with E-state index in [9.17, 15) is 22.8 Å². The molecule has 1 aliphatic carbocycles. The smallest absolute Gasteiger partial charge is 0.416 e. The van der Waals surface area contributed by atoms with Crippen LogP contribution in [0.3, 0.4) is 0 Å². The van der Waals surface area contributed by atoms with Crippen molar-refractivity contribution in [1.82, 2.24) is 4.90 Å². The van der Waals surface area contributed by atoms with Crippen LogP contribution in [0.25, 0.3) is 0 Å². The van der Waals surface area contributed by atoms with Gasteiger partial charge < -0.3 is 14.7 Å². The Balaban J connectivity index is 1.72. The molecule has 5 nitrogen and oxygen atoms in total. The summed E-state index contributed by atoms with van der Waals surface area (Å²) >= 11 is 0. The second-order valence-corrected chi connectivity index (χ2v) is 6.78. The number of ether oxygens (including phenoxy) is 1. The van der Waals surface area contributed by atoms with Gasteiger partial charge in [0.15, 0.2) is 0 Å². The van der Waals surface area contributed by atoms with Crippen molar-refractivity contribution in [3.05, 3.63) is 35.4 Å². The quantitative estimate of drug-likeness (QED) is 0.864. The van der Waals surface area contributed by atoms with E-state index >= 15 is 0 Å². The van der Waals surface area contributed by atoms with Crippen LogP contribution >= 0.6 is 0 Å². The van der Waals surface area contributed by atoms with E-state index in [1.165, 1.54) is 11.0 Å². The minimum atomic E-state index is -4.43. The second kappa shape index (κ2) is 7.26. The number of carbonyl (C=O) groups excluding carboxylic acids is 1. The third-order valence-corrected chi connectivity index (χ3v) is 4.97. The molecule has 1 heterocycles. The van der Waals surface area contributed by atoms with Crippen LogP contribution in [0.5, 0.6) is 0 Å². The highest BCUT2D eigenvalue weighted by atomic mass is 19.4. The fourth-order valence-corrected chi connectivity index (χ4v) is 3.52. The minimum absolute atomic E-state index is 0.199. The van der Waals surface area contributed by atoms with Gasteiger partial charge in [0.1, 0.15) is 6.54 Å². The molecule has 26 heavy (non-hydrogen) atoms. The van der Waals surface area contributed by atoms with Gasteiger partial charge in [-0.25, -0.2) is 0 Å². The van der Waals surface area contributed by atoms with E-state index in [4.69, 9.17) is 9.84 Å². The first kappa shape index (κ1) is 18.7. The molecule has 0 bridgehead atoms. The van der Waals surface area contributed by atoms with Crippen molar-refractivity contribution in [2.75, 3.05) is 19.8 Å². The number of carbonyl (C=O) groups is 2. The number of halogens is 3. The maximum absolute atomic E-state index is 12.9. The normalized spacial score (nSPS) is 23.5. The number of hydrogen-bond acceptors (Lipinski definition) is 3. The van der Waals surface area contributed by atoms with Gasteiger partial charge in [-0.1, -0.05) is 18.2 Å². The minimum Gasteiger partial charge on any atom is -0.480 e. The molecule has 0 radical (unpaired) electrons. The monoisotopic (exact) mass is 371 g/mol. The van der Waals surface area contributed by atoms with Crippen LogP contribution in [0.15, 0.2) is 24.3 Å². The highest BCUT2D eigenvalue weighted by Crippen LogP contribution is 2.49. The average Bonchev–Trinajstić information content (AvgIpc) is 3.40. The second-order valence-electron chi connectivity index (χ2n) is 6.78. The summed E-state index contributed by atoms with van der Waals surface area (Å²) in [5, 5.41) is 9.12. The number of carboxylic acids is 1. The van der Waals surface area contributed by atoms with Crippen LogP contribution in [-0.2, 0) is 20.5 Å². The van der Waals surface area contributed by atoms with Gasteiger partial charge in [0.05, 0.1) is 5.56 Å². The molecule has 1 aliphatic heterocycles. The highest BCUT2D eigenvalue weighted by Gasteiger charge is 2.47. The Morgan fingerprint density at radius 1 is 1.23 bits per heavy atom. The van der Waals surface area contributed by atoms with E-state index in [1.54, 1.807) is 6.07 Å². The molecule has 2 fully saturated rings. The largest absolute Gasteiger partial charge is 0.480 e. The molecule has 0 spiro atoms. The Labute approximate surface area is 148 Å². The molecule has 1 aromatic rings. The highest BCUT2D eigenvalue weighted by molar-refractivity contribution is 5.86. The number of alkyl halides is 3. The standard InChI is InChI=1S/C18H20F3NO4/c19-18(20,21)12-3-1-2-11(8-12)14-9-15(14)17(25)22(10-16(23)24)13-4-6-26-7-5-13/h1-3,8,13-15H,4-7,9-10H2,(H,23,24). The van der Waals surface area contributed by atoms with E-state index in [1.807, 2.05) is 0 Å². The average molecular weight is 371 g/mol. The summed E-state index contributed by atoms with van der Waals surface area (Å²) in [6.45, 7) is 0.543. The van der Waals surface area contributed by atoms with Gasteiger partial charge in [-0.2, -0.15) is 13.2 Å². The molecular weight excluding hydrogens is 351 g/mol. The van der Waals surface area contributed by atoms with Gasteiger partial charge in [0, 0.05) is 25.2 Å². The lowest BCUT2D eigenvalue weighted by Gasteiger charge is -2.33.